The standard InChI is InChI=1S/C16H11ClN4O2/c17-10-5-4-8-12(9-10)20-15(22)13-14(16(20)23)21(19-18-13)11-6-2-1-3-7-11/h1-9,13-14H/t13-,14-/m0/s1. The SMILES string of the molecule is O=C1[C@H]2N=NN(c3ccccc3)[C@@H]2C(=O)N1c1cccc(Cl)c1. The predicted molar refractivity (Wildman–Crippen MR) is 85.3 cm³/mol. The van der Waals surface area contributed by atoms with Crippen LogP contribution in [0.5, 0.6) is 0 Å². The van der Waals surface area contributed by atoms with E-state index in [9.17, 15) is 9.59 Å². The average Bonchev–Trinajstić information content (AvgIpc) is 3.09. The highest BCUT2D eigenvalue weighted by Gasteiger charge is 2.55. The Morgan fingerprint density at radius 1 is 0.913 bits per heavy atom. The first-order chi connectivity index (χ1) is 11.2. The molecule has 2 aliphatic rings. The van der Waals surface area contributed by atoms with Crippen molar-refractivity contribution in [1.82, 2.24) is 0 Å². The zero-order valence-electron chi connectivity index (χ0n) is 11.8. The molecule has 2 atom stereocenters. The summed E-state index contributed by atoms with van der Waals surface area (Å²) in [5.41, 5.74) is 1.17. The van der Waals surface area contributed by atoms with Crippen LogP contribution in [0.15, 0.2) is 64.9 Å². The number of rotatable bonds is 2. The number of imide groups is 1. The molecule has 23 heavy (non-hydrogen) atoms. The van der Waals surface area contributed by atoms with Crippen LogP contribution in [0.25, 0.3) is 0 Å². The number of fused-ring (bicyclic) bond motifs is 1. The Bertz CT molecular complexity index is 824. The van der Waals surface area contributed by atoms with Gasteiger partial charge in [-0.05, 0) is 30.3 Å². The fourth-order valence-corrected chi connectivity index (χ4v) is 3.01. The van der Waals surface area contributed by atoms with Gasteiger partial charge in [-0.2, -0.15) is 5.11 Å². The van der Waals surface area contributed by atoms with Crippen molar-refractivity contribution in [2.75, 3.05) is 9.91 Å². The number of hydrogen-bond donors (Lipinski definition) is 0. The van der Waals surface area contributed by atoms with E-state index in [1.165, 1.54) is 5.01 Å². The Morgan fingerprint density at radius 2 is 1.65 bits per heavy atom. The third-order valence-electron chi connectivity index (χ3n) is 3.87. The Morgan fingerprint density at radius 3 is 2.39 bits per heavy atom. The molecule has 4 rings (SSSR count). The lowest BCUT2D eigenvalue weighted by Crippen LogP contribution is -2.39. The molecule has 114 valence electrons. The second-order valence-electron chi connectivity index (χ2n) is 5.27. The Hall–Kier alpha value is -2.73. The van der Waals surface area contributed by atoms with Crippen LogP contribution in [0.1, 0.15) is 0 Å². The van der Waals surface area contributed by atoms with Crippen LogP contribution in [0.3, 0.4) is 0 Å². The number of carbonyl (C=O) groups excluding carboxylic acids is 2. The number of anilines is 2. The molecule has 0 N–H and O–H groups in total. The van der Waals surface area contributed by atoms with E-state index in [2.05, 4.69) is 10.3 Å². The van der Waals surface area contributed by atoms with Gasteiger partial charge in [-0.15, -0.1) is 0 Å². The summed E-state index contributed by atoms with van der Waals surface area (Å²) in [5.74, 6) is -0.736. The maximum absolute atomic E-state index is 12.8. The lowest BCUT2D eigenvalue weighted by atomic mass is 10.1. The average molecular weight is 327 g/mol. The molecule has 0 bridgehead atoms. The summed E-state index contributed by atoms with van der Waals surface area (Å²) >= 11 is 5.96. The van der Waals surface area contributed by atoms with E-state index in [1.54, 1.807) is 24.3 Å². The molecule has 2 amide bonds. The minimum atomic E-state index is -0.818. The number of carbonyl (C=O) groups is 2. The van der Waals surface area contributed by atoms with Crippen LogP contribution in [-0.2, 0) is 9.59 Å². The molecule has 0 aliphatic carbocycles. The molecule has 0 saturated carbocycles. The van der Waals surface area contributed by atoms with Crippen LogP contribution >= 0.6 is 11.6 Å². The van der Waals surface area contributed by atoms with Gasteiger partial charge in [-0.3, -0.25) is 9.59 Å². The number of nitrogens with zero attached hydrogens (tertiary/aromatic N) is 4. The van der Waals surface area contributed by atoms with Gasteiger partial charge in [-0.1, -0.05) is 41.1 Å². The fourth-order valence-electron chi connectivity index (χ4n) is 2.82. The Balaban J connectivity index is 1.72. The third kappa shape index (κ3) is 2.10. The fraction of sp³-hybridized carbons (Fsp3) is 0.125. The highest BCUT2D eigenvalue weighted by Crippen LogP contribution is 2.35. The van der Waals surface area contributed by atoms with Crippen LogP contribution in [0, 0.1) is 0 Å². The van der Waals surface area contributed by atoms with Crippen LogP contribution in [-0.4, -0.2) is 23.9 Å². The van der Waals surface area contributed by atoms with Crippen molar-refractivity contribution in [2.24, 2.45) is 10.3 Å². The number of halogens is 1. The molecular formula is C16H11ClN4O2. The van der Waals surface area contributed by atoms with Gasteiger partial charge in [0, 0.05) is 5.02 Å². The minimum Gasteiger partial charge on any atom is -0.271 e. The normalized spacial score (nSPS) is 22.8. The van der Waals surface area contributed by atoms with Crippen LogP contribution in [0.4, 0.5) is 11.4 Å². The maximum atomic E-state index is 12.8. The topological polar surface area (TPSA) is 65.3 Å². The van der Waals surface area contributed by atoms with E-state index in [1.807, 2.05) is 30.3 Å². The Kier molecular flexibility index (Phi) is 3.12. The zero-order chi connectivity index (χ0) is 16.0. The maximum Gasteiger partial charge on any atom is 0.263 e. The highest BCUT2D eigenvalue weighted by molar-refractivity contribution is 6.31. The van der Waals surface area contributed by atoms with E-state index >= 15 is 0 Å². The van der Waals surface area contributed by atoms with Gasteiger partial charge in [-0.25, -0.2) is 9.91 Å². The van der Waals surface area contributed by atoms with Gasteiger partial charge in [0.05, 0.1) is 11.4 Å². The number of benzene rings is 2. The lowest BCUT2D eigenvalue weighted by Gasteiger charge is -2.20. The number of amides is 2. The van der Waals surface area contributed by atoms with Crippen molar-refractivity contribution < 1.29 is 9.59 Å². The summed E-state index contributed by atoms with van der Waals surface area (Å²) in [4.78, 5) is 26.5. The van der Waals surface area contributed by atoms with E-state index in [4.69, 9.17) is 11.6 Å². The highest BCUT2D eigenvalue weighted by atomic mass is 35.5. The van der Waals surface area contributed by atoms with Gasteiger partial charge >= 0.3 is 0 Å². The number of para-hydroxylation sites is 1. The van der Waals surface area contributed by atoms with E-state index < -0.39 is 12.1 Å². The summed E-state index contributed by atoms with van der Waals surface area (Å²) < 4.78 is 0. The molecule has 2 aliphatic heterocycles. The van der Waals surface area contributed by atoms with Gasteiger partial charge in [0.1, 0.15) is 0 Å². The third-order valence-corrected chi connectivity index (χ3v) is 4.10. The summed E-state index contributed by atoms with van der Waals surface area (Å²) in [6.45, 7) is 0. The van der Waals surface area contributed by atoms with Crippen molar-refractivity contribution in [3.63, 3.8) is 0 Å². The molecule has 1 saturated heterocycles. The second kappa shape index (κ2) is 5.17. The van der Waals surface area contributed by atoms with Crippen molar-refractivity contribution in [3.8, 4) is 0 Å². The van der Waals surface area contributed by atoms with Crippen molar-refractivity contribution in [1.29, 1.82) is 0 Å². The Labute approximate surface area is 136 Å². The molecular weight excluding hydrogens is 316 g/mol. The van der Waals surface area contributed by atoms with Crippen molar-refractivity contribution >= 4 is 34.8 Å². The quantitative estimate of drug-likeness (QED) is 0.797. The zero-order valence-corrected chi connectivity index (χ0v) is 12.6. The summed E-state index contributed by atoms with van der Waals surface area (Å²) in [5, 5.41) is 9.95. The number of hydrogen-bond acceptors (Lipinski definition) is 5. The van der Waals surface area contributed by atoms with Crippen molar-refractivity contribution in [3.05, 3.63) is 59.6 Å². The van der Waals surface area contributed by atoms with E-state index in [0.717, 1.165) is 10.6 Å². The first kappa shape index (κ1) is 13.9. The van der Waals surface area contributed by atoms with Crippen molar-refractivity contribution in [2.45, 2.75) is 12.1 Å². The molecule has 0 aromatic heterocycles. The molecule has 0 unspecified atom stereocenters. The van der Waals surface area contributed by atoms with Gasteiger partial charge in [0.2, 0.25) is 0 Å². The monoisotopic (exact) mass is 326 g/mol. The van der Waals surface area contributed by atoms with Gasteiger partial charge in [0.25, 0.3) is 11.8 Å². The lowest BCUT2D eigenvalue weighted by molar-refractivity contribution is -0.121. The van der Waals surface area contributed by atoms with Gasteiger partial charge in [0.15, 0.2) is 12.1 Å². The van der Waals surface area contributed by atoms with E-state index in [-0.39, 0.29) is 11.8 Å². The molecule has 2 aromatic rings. The van der Waals surface area contributed by atoms with Gasteiger partial charge < -0.3 is 0 Å². The molecule has 1 fully saturated rings. The smallest absolute Gasteiger partial charge is 0.263 e. The minimum absolute atomic E-state index is 0.351. The summed E-state index contributed by atoms with van der Waals surface area (Å²) in [6.07, 6.45) is 0. The predicted octanol–water partition coefficient (Wildman–Crippen LogP) is 2.84. The molecule has 7 heteroatoms. The molecule has 2 heterocycles. The molecule has 0 spiro atoms. The largest absolute Gasteiger partial charge is 0.271 e. The van der Waals surface area contributed by atoms with Crippen LogP contribution in [0.2, 0.25) is 5.02 Å². The van der Waals surface area contributed by atoms with Crippen LogP contribution < -0.4 is 9.91 Å². The first-order valence-corrected chi connectivity index (χ1v) is 7.43. The van der Waals surface area contributed by atoms with E-state index in [0.29, 0.717) is 10.7 Å². The first-order valence-electron chi connectivity index (χ1n) is 7.05. The second-order valence-corrected chi connectivity index (χ2v) is 5.70. The molecule has 2 aromatic carbocycles. The molecule has 0 radical (unpaired) electrons. The summed E-state index contributed by atoms with van der Waals surface area (Å²) in [6, 6.07) is 14.3. The summed E-state index contributed by atoms with van der Waals surface area (Å²) in [7, 11) is 0. The molecule has 6 nitrogen and oxygen atoms in total.